The van der Waals surface area contributed by atoms with E-state index in [9.17, 15) is 9.59 Å². The number of carbonyl (C=O) groups excluding carboxylic acids is 2. The molecule has 0 radical (unpaired) electrons. The highest BCUT2D eigenvalue weighted by atomic mass is 16.2. The van der Waals surface area contributed by atoms with Gasteiger partial charge in [-0.05, 0) is 38.1 Å². The first-order valence-corrected chi connectivity index (χ1v) is 7.38. The zero-order valence-corrected chi connectivity index (χ0v) is 13.0. The topological polar surface area (TPSA) is 61.8 Å². The predicted molar refractivity (Wildman–Crippen MR) is 89.5 cm³/mol. The first-order chi connectivity index (χ1) is 11.1. The van der Waals surface area contributed by atoms with Crippen molar-refractivity contribution in [1.29, 1.82) is 0 Å². The van der Waals surface area contributed by atoms with Gasteiger partial charge in [-0.15, -0.1) is 0 Å². The van der Waals surface area contributed by atoms with Crippen LogP contribution in [0, 0.1) is 6.92 Å². The Bertz CT molecular complexity index is 767. The molecule has 1 aliphatic heterocycles. The third kappa shape index (κ3) is 2.99. The minimum Gasteiger partial charge on any atom is -0.335 e. The number of carbonyl (C=O) groups is 2. The lowest BCUT2D eigenvalue weighted by atomic mass is 10.1. The maximum atomic E-state index is 12.5. The van der Waals surface area contributed by atoms with E-state index in [-0.39, 0.29) is 11.8 Å². The molecular formula is C18H17N3O2. The molecule has 5 nitrogen and oxygen atoms in total. The minimum atomic E-state index is -0.732. The summed E-state index contributed by atoms with van der Waals surface area (Å²) in [5, 5.41) is 8.35. The second kappa shape index (κ2) is 6.04. The fourth-order valence-electron chi connectivity index (χ4n) is 2.41. The molecule has 2 aromatic carbocycles. The van der Waals surface area contributed by atoms with Crippen molar-refractivity contribution in [1.82, 2.24) is 5.32 Å². The van der Waals surface area contributed by atoms with Gasteiger partial charge in [0.25, 0.3) is 11.8 Å². The van der Waals surface area contributed by atoms with Crippen molar-refractivity contribution >= 4 is 23.2 Å². The number of aryl methyl sites for hydroxylation is 1. The van der Waals surface area contributed by atoms with Gasteiger partial charge in [0, 0.05) is 5.56 Å². The van der Waals surface area contributed by atoms with Crippen LogP contribution >= 0.6 is 0 Å². The monoisotopic (exact) mass is 307 g/mol. The van der Waals surface area contributed by atoms with Crippen LogP contribution in [0.25, 0.3) is 0 Å². The van der Waals surface area contributed by atoms with E-state index in [1.165, 1.54) is 5.01 Å². The Morgan fingerprint density at radius 2 is 1.70 bits per heavy atom. The molecule has 0 aliphatic carbocycles. The molecule has 0 saturated heterocycles. The molecule has 2 amide bonds. The number of hydrazone groups is 1. The van der Waals surface area contributed by atoms with E-state index in [1.54, 1.807) is 31.2 Å². The second-order valence-corrected chi connectivity index (χ2v) is 5.50. The van der Waals surface area contributed by atoms with E-state index < -0.39 is 6.04 Å². The lowest BCUT2D eigenvalue weighted by Crippen LogP contribution is -2.45. The lowest BCUT2D eigenvalue weighted by molar-refractivity contribution is -0.118. The smallest absolute Gasteiger partial charge is 0.275 e. The molecule has 1 atom stereocenters. The Morgan fingerprint density at radius 3 is 2.35 bits per heavy atom. The summed E-state index contributed by atoms with van der Waals surface area (Å²) in [5.74, 6) is -0.540. The Hall–Kier alpha value is -2.95. The van der Waals surface area contributed by atoms with Gasteiger partial charge in [0.1, 0.15) is 0 Å². The van der Waals surface area contributed by atoms with Gasteiger partial charge in [-0.2, -0.15) is 10.1 Å². The molecule has 0 spiro atoms. The van der Waals surface area contributed by atoms with Gasteiger partial charge in [-0.3, -0.25) is 9.59 Å². The van der Waals surface area contributed by atoms with Gasteiger partial charge < -0.3 is 5.32 Å². The summed E-state index contributed by atoms with van der Waals surface area (Å²) in [4.78, 5) is 24.8. The highest BCUT2D eigenvalue weighted by Crippen LogP contribution is 2.20. The van der Waals surface area contributed by atoms with E-state index in [0.717, 1.165) is 5.56 Å². The zero-order valence-electron chi connectivity index (χ0n) is 13.0. The van der Waals surface area contributed by atoms with Crippen LogP contribution in [0.1, 0.15) is 22.8 Å². The number of rotatable bonds is 3. The average Bonchev–Trinajstić information content (AvgIpc) is 2.84. The van der Waals surface area contributed by atoms with E-state index >= 15 is 0 Å². The molecule has 0 fully saturated rings. The average molecular weight is 307 g/mol. The molecule has 0 bridgehead atoms. The molecule has 0 unspecified atom stereocenters. The summed E-state index contributed by atoms with van der Waals surface area (Å²) < 4.78 is 0. The molecule has 1 heterocycles. The molecule has 116 valence electrons. The van der Waals surface area contributed by atoms with Crippen molar-refractivity contribution in [3.05, 3.63) is 65.7 Å². The SMILES string of the molecule is CC1=NN(c2ccccc2)C(=O)[C@H]1NC(=O)c1ccc(C)cc1. The van der Waals surface area contributed by atoms with Gasteiger partial charge in [0.05, 0.1) is 11.4 Å². The fourth-order valence-corrected chi connectivity index (χ4v) is 2.41. The van der Waals surface area contributed by atoms with Crippen LogP contribution in [0.3, 0.4) is 0 Å². The highest BCUT2D eigenvalue weighted by Gasteiger charge is 2.35. The summed E-state index contributed by atoms with van der Waals surface area (Å²) in [6.45, 7) is 3.69. The van der Waals surface area contributed by atoms with Crippen LogP contribution in [0.15, 0.2) is 59.7 Å². The Balaban J connectivity index is 1.77. The van der Waals surface area contributed by atoms with Gasteiger partial charge in [-0.25, -0.2) is 0 Å². The second-order valence-electron chi connectivity index (χ2n) is 5.50. The summed E-state index contributed by atoms with van der Waals surface area (Å²) in [7, 11) is 0. The molecule has 23 heavy (non-hydrogen) atoms. The van der Waals surface area contributed by atoms with Crippen molar-refractivity contribution in [2.24, 2.45) is 5.10 Å². The largest absolute Gasteiger partial charge is 0.335 e. The third-order valence-corrected chi connectivity index (χ3v) is 3.72. The Kier molecular flexibility index (Phi) is 3.93. The molecule has 1 aliphatic rings. The standard InChI is InChI=1S/C18H17N3O2/c1-12-8-10-14(11-9-12)17(22)19-16-13(2)20-21(18(16)23)15-6-4-3-5-7-15/h3-11,16H,1-2H3,(H,19,22)/t16-/m0/s1. The van der Waals surface area contributed by atoms with E-state index in [1.807, 2.05) is 37.3 Å². The van der Waals surface area contributed by atoms with Crippen molar-refractivity contribution in [3.63, 3.8) is 0 Å². The van der Waals surface area contributed by atoms with Crippen molar-refractivity contribution in [3.8, 4) is 0 Å². The van der Waals surface area contributed by atoms with Gasteiger partial charge >= 0.3 is 0 Å². The maximum Gasteiger partial charge on any atom is 0.275 e. The van der Waals surface area contributed by atoms with Gasteiger partial charge in [0.15, 0.2) is 6.04 Å². The van der Waals surface area contributed by atoms with Crippen molar-refractivity contribution < 1.29 is 9.59 Å². The quantitative estimate of drug-likeness (QED) is 0.947. The van der Waals surface area contributed by atoms with E-state index in [0.29, 0.717) is 17.0 Å². The first-order valence-electron chi connectivity index (χ1n) is 7.38. The molecule has 5 heteroatoms. The number of nitrogens with zero attached hydrogens (tertiary/aromatic N) is 2. The molecular weight excluding hydrogens is 290 g/mol. The molecule has 1 N–H and O–H groups in total. The lowest BCUT2D eigenvalue weighted by Gasteiger charge is -2.15. The molecule has 0 saturated carbocycles. The van der Waals surface area contributed by atoms with E-state index in [2.05, 4.69) is 10.4 Å². The van der Waals surface area contributed by atoms with Crippen LogP contribution in [0.2, 0.25) is 0 Å². The Morgan fingerprint density at radius 1 is 1.04 bits per heavy atom. The summed E-state index contributed by atoms with van der Waals surface area (Å²) in [6, 6.07) is 15.6. The first kappa shape index (κ1) is 15.0. The number of benzene rings is 2. The number of para-hydroxylation sites is 1. The summed E-state index contributed by atoms with van der Waals surface area (Å²) in [5.41, 5.74) is 2.85. The molecule has 0 aromatic heterocycles. The van der Waals surface area contributed by atoms with Crippen LogP contribution in [-0.4, -0.2) is 23.6 Å². The number of hydrogen-bond acceptors (Lipinski definition) is 3. The molecule has 2 aromatic rings. The molecule has 3 rings (SSSR count). The highest BCUT2D eigenvalue weighted by molar-refractivity contribution is 6.20. The third-order valence-electron chi connectivity index (χ3n) is 3.72. The number of amides is 2. The summed E-state index contributed by atoms with van der Waals surface area (Å²) >= 11 is 0. The van der Waals surface area contributed by atoms with E-state index in [4.69, 9.17) is 0 Å². The number of hydrogen-bond donors (Lipinski definition) is 1. The predicted octanol–water partition coefficient (Wildman–Crippen LogP) is 2.52. The van der Waals surface area contributed by atoms with Crippen molar-refractivity contribution in [2.45, 2.75) is 19.9 Å². The zero-order chi connectivity index (χ0) is 16.4. The van der Waals surface area contributed by atoms with Gasteiger partial charge in [-0.1, -0.05) is 35.9 Å². The fraction of sp³-hybridized carbons (Fsp3) is 0.167. The normalized spacial score (nSPS) is 17.1. The van der Waals surface area contributed by atoms with Crippen LogP contribution in [-0.2, 0) is 4.79 Å². The van der Waals surface area contributed by atoms with Crippen LogP contribution in [0.4, 0.5) is 5.69 Å². The number of nitrogens with one attached hydrogen (secondary N) is 1. The maximum absolute atomic E-state index is 12.5. The van der Waals surface area contributed by atoms with Crippen molar-refractivity contribution in [2.75, 3.05) is 5.01 Å². The van der Waals surface area contributed by atoms with Crippen LogP contribution < -0.4 is 10.3 Å². The van der Waals surface area contributed by atoms with Gasteiger partial charge in [0.2, 0.25) is 0 Å². The van der Waals surface area contributed by atoms with Crippen LogP contribution in [0.5, 0.6) is 0 Å². The Labute approximate surface area is 134 Å². The summed E-state index contributed by atoms with van der Waals surface area (Å²) in [6.07, 6.45) is 0. The minimum absolute atomic E-state index is 0.255. The number of anilines is 1.